The van der Waals surface area contributed by atoms with Crippen LogP contribution in [0, 0.1) is 5.82 Å². The fourth-order valence-corrected chi connectivity index (χ4v) is 6.00. The Morgan fingerprint density at radius 3 is 2.06 bits per heavy atom. The molecule has 1 aliphatic carbocycles. The molecule has 0 bridgehead atoms. The maximum atomic E-state index is 13.9. The largest absolute Gasteiger partial charge is 0.309 e. The van der Waals surface area contributed by atoms with Crippen molar-refractivity contribution in [2.75, 3.05) is 0 Å². The minimum Gasteiger partial charge on any atom is -0.309 e. The summed E-state index contributed by atoms with van der Waals surface area (Å²) < 4.78 is 16.2. The van der Waals surface area contributed by atoms with Crippen molar-refractivity contribution in [2.45, 2.75) is 0 Å². The van der Waals surface area contributed by atoms with Gasteiger partial charge in [-0.15, -0.1) is 0 Å². The molecule has 1 heterocycles. The fraction of sp³-hybridized carbons (Fsp3) is 0. The third-order valence-corrected chi connectivity index (χ3v) is 7.37. The van der Waals surface area contributed by atoms with E-state index in [4.69, 9.17) is 0 Å². The van der Waals surface area contributed by atoms with Crippen molar-refractivity contribution in [3.05, 3.63) is 115 Å². The molecule has 0 atom stereocenters. The molecular formula is C32H18FN. The van der Waals surface area contributed by atoms with Gasteiger partial charge in [0.05, 0.1) is 11.0 Å². The van der Waals surface area contributed by atoms with Crippen molar-refractivity contribution in [2.24, 2.45) is 0 Å². The summed E-state index contributed by atoms with van der Waals surface area (Å²) in [5.41, 5.74) is 8.41. The second kappa shape index (κ2) is 6.33. The summed E-state index contributed by atoms with van der Waals surface area (Å²) in [5, 5.41) is 7.45. The minimum absolute atomic E-state index is 0.225. The van der Waals surface area contributed by atoms with Crippen molar-refractivity contribution in [3.8, 4) is 27.9 Å². The highest BCUT2D eigenvalue weighted by Crippen LogP contribution is 2.51. The van der Waals surface area contributed by atoms with Crippen LogP contribution in [-0.4, -0.2) is 4.57 Å². The number of hydrogen-bond acceptors (Lipinski definition) is 0. The highest BCUT2D eigenvalue weighted by Gasteiger charge is 2.25. The number of benzene rings is 6. The molecular weight excluding hydrogens is 417 g/mol. The molecule has 34 heavy (non-hydrogen) atoms. The predicted octanol–water partition coefficient (Wildman–Crippen LogP) is 8.88. The average Bonchev–Trinajstić information content (AvgIpc) is 3.40. The van der Waals surface area contributed by atoms with Crippen LogP contribution in [-0.2, 0) is 0 Å². The molecule has 0 amide bonds. The Bertz CT molecular complexity index is 1960. The molecule has 1 aliphatic rings. The Hall–Kier alpha value is -4.43. The second-order valence-corrected chi connectivity index (χ2v) is 9.09. The molecule has 0 saturated heterocycles. The SMILES string of the molecule is Fc1ccc(-n2c3cc4c5c(cccc5c3c3ccc5ccccc5c32)-c2ccccc2-4)cc1. The van der Waals surface area contributed by atoms with E-state index in [1.54, 1.807) is 12.1 Å². The van der Waals surface area contributed by atoms with E-state index in [0.717, 1.165) is 16.7 Å². The third-order valence-electron chi connectivity index (χ3n) is 7.37. The van der Waals surface area contributed by atoms with Gasteiger partial charge in [-0.3, -0.25) is 0 Å². The van der Waals surface area contributed by atoms with Crippen LogP contribution in [0.5, 0.6) is 0 Å². The van der Waals surface area contributed by atoms with Gasteiger partial charge in [-0.25, -0.2) is 4.39 Å². The molecule has 0 spiro atoms. The smallest absolute Gasteiger partial charge is 0.123 e. The van der Waals surface area contributed by atoms with Gasteiger partial charge in [0.1, 0.15) is 5.82 Å². The molecule has 2 heteroatoms. The number of hydrogen-bond donors (Lipinski definition) is 0. The van der Waals surface area contributed by atoms with E-state index in [0.29, 0.717) is 0 Å². The molecule has 8 rings (SSSR count). The lowest BCUT2D eigenvalue weighted by molar-refractivity contribution is 0.627. The number of nitrogens with zero attached hydrogens (tertiary/aromatic N) is 1. The van der Waals surface area contributed by atoms with Crippen LogP contribution in [0.1, 0.15) is 0 Å². The first-order chi connectivity index (χ1) is 16.8. The molecule has 0 saturated carbocycles. The second-order valence-electron chi connectivity index (χ2n) is 9.09. The first kappa shape index (κ1) is 18.0. The maximum Gasteiger partial charge on any atom is 0.123 e. The van der Waals surface area contributed by atoms with Crippen LogP contribution in [0.25, 0.3) is 71.3 Å². The van der Waals surface area contributed by atoms with E-state index in [9.17, 15) is 4.39 Å². The van der Waals surface area contributed by atoms with Crippen LogP contribution in [0.4, 0.5) is 4.39 Å². The Labute approximate surface area is 195 Å². The lowest BCUT2D eigenvalue weighted by Crippen LogP contribution is -1.95. The number of fused-ring (bicyclic) bond motifs is 9. The summed E-state index contributed by atoms with van der Waals surface area (Å²) in [6.45, 7) is 0. The quantitative estimate of drug-likeness (QED) is 0.243. The first-order valence-electron chi connectivity index (χ1n) is 11.6. The van der Waals surface area contributed by atoms with Crippen molar-refractivity contribution < 1.29 is 4.39 Å². The van der Waals surface area contributed by atoms with Crippen LogP contribution in [0.15, 0.2) is 109 Å². The van der Waals surface area contributed by atoms with E-state index in [1.807, 2.05) is 12.1 Å². The maximum absolute atomic E-state index is 13.9. The standard InChI is InChI=1S/C32H18FN/c33-20-13-15-21(16-14-20)34-29-18-28-24-9-4-3-8-23(24)25-10-5-11-26(30(25)28)31(29)27-17-12-19-6-1-2-7-22(19)32(27)34/h1-18H. The van der Waals surface area contributed by atoms with E-state index < -0.39 is 0 Å². The molecule has 0 N–H and O–H groups in total. The fourth-order valence-electron chi connectivity index (χ4n) is 6.00. The number of halogens is 1. The highest BCUT2D eigenvalue weighted by atomic mass is 19.1. The van der Waals surface area contributed by atoms with Gasteiger partial charge >= 0.3 is 0 Å². The summed E-state index contributed by atoms with van der Waals surface area (Å²) in [6.07, 6.45) is 0. The summed E-state index contributed by atoms with van der Waals surface area (Å²) in [7, 11) is 0. The Morgan fingerprint density at radius 1 is 0.500 bits per heavy atom. The van der Waals surface area contributed by atoms with Crippen molar-refractivity contribution in [3.63, 3.8) is 0 Å². The zero-order valence-electron chi connectivity index (χ0n) is 18.2. The third kappa shape index (κ3) is 2.18. The van der Waals surface area contributed by atoms with E-state index in [1.165, 1.54) is 54.6 Å². The van der Waals surface area contributed by atoms with Gasteiger partial charge < -0.3 is 4.57 Å². The molecule has 7 aromatic rings. The van der Waals surface area contributed by atoms with E-state index in [-0.39, 0.29) is 5.82 Å². The van der Waals surface area contributed by atoms with Gasteiger partial charge in [0.15, 0.2) is 0 Å². The normalized spacial score (nSPS) is 12.3. The summed E-state index contributed by atoms with van der Waals surface area (Å²) in [6, 6.07) is 37.5. The lowest BCUT2D eigenvalue weighted by Gasteiger charge is -2.11. The van der Waals surface area contributed by atoms with E-state index in [2.05, 4.69) is 89.5 Å². The van der Waals surface area contributed by atoms with Crippen molar-refractivity contribution in [1.82, 2.24) is 4.57 Å². The van der Waals surface area contributed by atoms with Crippen LogP contribution < -0.4 is 0 Å². The monoisotopic (exact) mass is 435 g/mol. The van der Waals surface area contributed by atoms with Gasteiger partial charge in [0.25, 0.3) is 0 Å². The van der Waals surface area contributed by atoms with Crippen molar-refractivity contribution >= 4 is 43.4 Å². The van der Waals surface area contributed by atoms with Gasteiger partial charge in [-0.2, -0.15) is 0 Å². The Morgan fingerprint density at radius 2 is 1.21 bits per heavy atom. The summed E-state index contributed by atoms with van der Waals surface area (Å²) in [5.74, 6) is -0.225. The van der Waals surface area contributed by atoms with E-state index >= 15 is 0 Å². The van der Waals surface area contributed by atoms with Gasteiger partial charge in [0, 0.05) is 21.8 Å². The topological polar surface area (TPSA) is 4.93 Å². The average molecular weight is 436 g/mol. The molecule has 0 fully saturated rings. The van der Waals surface area contributed by atoms with Gasteiger partial charge in [-0.1, -0.05) is 78.9 Å². The predicted molar refractivity (Wildman–Crippen MR) is 140 cm³/mol. The highest BCUT2D eigenvalue weighted by molar-refractivity contribution is 6.31. The molecule has 1 nitrogen and oxygen atoms in total. The summed E-state index contributed by atoms with van der Waals surface area (Å²) in [4.78, 5) is 0. The number of rotatable bonds is 1. The zero-order valence-corrected chi connectivity index (χ0v) is 18.2. The molecule has 0 radical (unpaired) electrons. The molecule has 0 aliphatic heterocycles. The Balaban J connectivity index is 1.67. The Kier molecular flexibility index (Phi) is 3.36. The zero-order chi connectivity index (χ0) is 22.4. The van der Waals surface area contributed by atoms with Crippen molar-refractivity contribution in [1.29, 1.82) is 0 Å². The van der Waals surface area contributed by atoms with Gasteiger partial charge in [0.2, 0.25) is 0 Å². The molecule has 0 unspecified atom stereocenters. The molecule has 158 valence electrons. The first-order valence-corrected chi connectivity index (χ1v) is 11.6. The number of aromatic nitrogens is 1. The molecule has 1 aromatic heterocycles. The van der Waals surface area contributed by atoms with Crippen LogP contribution in [0.3, 0.4) is 0 Å². The minimum atomic E-state index is -0.225. The summed E-state index contributed by atoms with van der Waals surface area (Å²) >= 11 is 0. The van der Waals surface area contributed by atoms with Crippen LogP contribution in [0.2, 0.25) is 0 Å². The van der Waals surface area contributed by atoms with Gasteiger partial charge in [-0.05, 0) is 68.7 Å². The van der Waals surface area contributed by atoms with Crippen LogP contribution >= 0.6 is 0 Å². The lowest BCUT2D eigenvalue weighted by atomic mass is 9.97. The molecule has 6 aromatic carbocycles.